The van der Waals surface area contributed by atoms with E-state index in [2.05, 4.69) is 50.7 Å². The monoisotopic (exact) mass is 281 g/mol. The van der Waals surface area contributed by atoms with E-state index in [4.69, 9.17) is 5.73 Å². The fraction of sp³-hybridized carbons (Fsp3) is 0.312. The quantitative estimate of drug-likeness (QED) is 0.681. The molecule has 0 radical (unpaired) electrons. The highest BCUT2D eigenvalue weighted by atomic mass is 15.3. The minimum atomic E-state index is 0.521. The van der Waals surface area contributed by atoms with Crippen LogP contribution in [0.1, 0.15) is 30.4 Å². The summed E-state index contributed by atoms with van der Waals surface area (Å²) in [5.41, 5.74) is 9.86. The van der Waals surface area contributed by atoms with E-state index in [1.54, 1.807) is 0 Å². The fourth-order valence-electron chi connectivity index (χ4n) is 2.58. The summed E-state index contributed by atoms with van der Waals surface area (Å²) in [6.45, 7) is 0. The average molecular weight is 281 g/mol. The number of benzene rings is 1. The molecule has 2 heterocycles. The molecule has 108 valence electrons. The number of nitrogens with one attached hydrogen (secondary N) is 1. The summed E-state index contributed by atoms with van der Waals surface area (Å²) in [4.78, 5) is 4.18. The number of H-pyrrole nitrogens is 1. The van der Waals surface area contributed by atoms with Gasteiger partial charge >= 0.3 is 0 Å². The molecule has 21 heavy (non-hydrogen) atoms. The molecule has 3 N–H and O–H groups in total. The topological polar surface area (TPSA) is 80.5 Å². The number of aromatic amines is 1. The third-order valence-electron chi connectivity index (χ3n) is 3.65. The number of fused-ring (bicyclic) bond motifs is 1. The highest BCUT2D eigenvalue weighted by molar-refractivity contribution is 5.75. The van der Waals surface area contributed by atoms with E-state index in [0.717, 1.165) is 30.3 Å². The van der Waals surface area contributed by atoms with E-state index >= 15 is 0 Å². The van der Waals surface area contributed by atoms with Crippen molar-refractivity contribution in [2.45, 2.75) is 32.1 Å². The number of nitrogen functional groups attached to an aromatic ring is 1. The molecular formula is C16H19N5. The van der Waals surface area contributed by atoms with Crippen molar-refractivity contribution in [2.24, 2.45) is 0 Å². The Balaban J connectivity index is 1.52. The van der Waals surface area contributed by atoms with Crippen LogP contribution in [0.15, 0.2) is 36.4 Å². The Bertz CT molecular complexity index is 705. The zero-order valence-electron chi connectivity index (χ0n) is 11.9. The van der Waals surface area contributed by atoms with Gasteiger partial charge in [-0.2, -0.15) is 0 Å². The van der Waals surface area contributed by atoms with Gasteiger partial charge in [0.05, 0.1) is 0 Å². The number of aryl methyl sites for hydroxylation is 2. The third-order valence-corrected chi connectivity index (χ3v) is 3.65. The largest absolute Gasteiger partial charge is 0.384 e. The van der Waals surface area contributed by atoms with Crippen molar-refractivity contribution in [1.29, 1.82) is 0 Å². The summed E-state index contributed by atoms with van der Waals surface area (Å²) in [5.74, 6) is 0.521. The van der Waals surface area contributed by atoms with Crippen LogP contribution in [0.25, 0.3) is 11.2 Å². The Morgan fingerprint density at radius 1 is 1.00 bits per heavy atom. The van der Waals surface area contributed by atoms with Gasteiger partial charge in [0.25, 0.3) is 0 Å². The van der Waals surface area contributed by atoms with E-state index in [1.165, 1.54) is 18.4 Å². The minimum absolute atomic E-state index is 0.521. The standard InChI is InChI=1S/C16H19N5/c17-14-11-13(15-16(18-14)20-21-19-15)10-6-2-5-9-12-7-3-1-4-8-12/h1,3-4,7-8,11H,2,5-6,9-10H2,(H3,17,18,19,20,21). The van der Waals surface area contributed by atoms with Crippen LogP contribution in [0.2, 0.25) is 0 Å². The summed E-state index contributed by atoms with van der Waals surface area (Å²) in [5, 5.41) is 10.6. The van der Waals surface area contributed by atoms with Gasteiger partial charge in [-0.15, -0.1) is 5.10 Å². The molecule has 0 aliphatic carbocycles. The molecule has 0 atom stereocenters. The van der Waals surface area contributed by atoms with Crippen molar-refractivity contribution in [2.75, 3.05) is 5.73 Å². The average Bonchev–Trinajstić information content (AvgIpc) is 2.96. The van der Waals surface area contributed by atoms with Gasteiger partial charge in [0.1, 0.15) is 11.3 Å². The smallest absolute Gasteiger partial charge is 0.178 e. The van der Waals surface area contributed by atoms with Crippen molar-refractivity contribution in [1.82, 2.24) is 20.4 Å². The second-order valence-electron chi connectivity index (χ2n) is 5.26. The van der Waals surface area contributed by atoms with Crippen LogP contribution in [-0.2, 0) is 12.8 Å². The molecule has 5 heteroatoms. The van der Waals surface area contributed by atoms with Gasteiger partial charge in [0.15, 0.2) is 5.65 Å². The van der Waals surface area contributed by atoms with Crippen LogP contribution in [0.5, 0.6) is 0 Å². The molecule has 5 nitrogen and oxygen atoms in total. The summed E-state index contributed by atoms with van der Waals surface area (Å²) in [6.07, 6.45) is 5.62. The van der Waals surface area contributed by atoms with Gasteiger partial charge < -0.3 is 5.73 Å². The Labute approximate surface area is 123 Å². The fourth-order valence-corrected chi connectivity index (χ4v) is 2.58. The molecule has 0 fully saturated rings. The maximum atomic E-state index is 5.80. The van der Waals surface area contributed by atoms with Crippen LogP contribution in [0.3, 0.4) is 0 Å². The van der Waals surface area contributed by atoms with Crippen LogP contribution in [0.4, 0.5) is 5.82 Å². The highest BCUT2D eigenvalue weighted by Gasteiger charge is 2.07. The number of pyridine rings is 1. The lowest BCUT2D eigenvalue weighted by Crippen LogP contribution is -1.96. The van der Waals surface area contributed by atoms with E-state index in [-0.39, 0.29) is 0 Å². The van der Waals surface area contributed by atoms with Crippen LogP contribution in [0, 0.1) is 0 Å². The van der Waals surface area contributed by atoms with Gasteiger partial charge in [0.2, 0.25) is 0 Å². The van der Waals surface area contributed by atoms with Crippen LogP contribution < -0.4 is 5.73 Å². The molecule has 0 aliphatic heterocycles. The molecule has 0 unspecified atom stereocenters. The molecule has 0 saturated heterocycles. The first-order chi connectivity index (χ1) is 10.3. The second-order valence-corrected chi connectivity index (χ2v) is 5.26. The van der Waals surface area contributed by atoms with E-state index in [1.807, 2.05) is 6.07 Å². The van der Waals surface area contributed by atoms with Gasteiger partial charge in [-0.1, -0.05) is 42.0 Å². The first-order valence-corrected chi connectivity index (χ1v) is 7.33. The van der Waals surface area contributed by atoms with Gasteiger partial charge in [0, 0.05) is 0 Å². The number of hydrogen-bond acceptors (Lipinski definition) is 4. The number of hydrogen-bond donors (Lipinski definition) is 2. The lowest BCUT2D eigenvalue weighted by molar-refractivity contribution is 0.679. The predicted molar refractivity (Wildman–Crippen MR) is 83.8 cm³/mol. The van der Waals surface area contributed by atoms with Gasteiger partial charge in [-0.25, -0.2) is 10.1 Å². The molecule has 2 aromatic heterocycles. The van der Waals surface area contributed by atoms with E-state index in [0.29, 0.717) is 11.5 Å². The molecule has 1 aromatic carbocycles. The van der Waals surface area contributed by atoms with E-state index in [9.17, 15) is 0 Å². The van der Waals surface area contributed by atoms with Crippen molar-refractivity contribution in [3.63, 3.8) is 0 Å². The Morgan fingerprint density at radius 2 is 1.81 bits per heavy atom. The molecule has 0 amide bonds. The molecular weight excluding hydrogens is 262 g/mol. The summed E-state index contributed by atoms with van der Waals surface area (Å²) in [7, 11) is 0. The number of rotatable bonds is 6. The number of unbranched alkanes of at least 4 members (excludes halogenated alkanes) is 2. The lowest BCUT2D eigenvalue weighted by atomic mass is 10.0. The first kappa shape index (κ1) is 13.5. The molecule has 0 saturated carbocycles. The van der Waals surface area contributed by atoms with Gasteiger partial charge in [-0.3, -0.25) is 0 Å². The van der Waals surface area contributed by atoms with Crippen molar-refractivity contribution < 1.29 is 0 Å². The normalized spacial score (nSPS) is 11.0. The number of aromatic nitrogens is 4. The molecule has 0 bridgehead atoms. The predicted octanol–water partition coefficient (Wildman–Crippen LogP) is 2.89. The number of anilines is 1. The summed E-state index contributed by atoms with van der Waals surface area (Å²) < 4.78 is 0. The van der Waals surface area contributed by atoms with Crippen molar-refractivity contribution in [3.8, 4) is 0 Å². The van der Waals surface area contributed by atoms with Crippen LogP contribution >= 0.6 is 0 Å². The lowest BCUT2D eigenvalue weighted by Gasteiger charge is -2.04. The molecule has 0 spiro atoms. The SMILES string of the molecule is Nc1cc(CCCCCc2ccccc2)c2nn[nH]c2n1. The summed E-state index contributed by atoms with van der Waals surface area (Å²) in [6, 6.07) is 12.5. The van der Waals surface area contributed by atoms with Gasteiger partial charge in [-0.05, 0) is 42.9 Å². The van der Waals surface area contributed by atoms with Crippen LogP contribution in [-0.4, -0.2) is 20.4 Å². The zero-order chi connectivity index (χ0) is 14.5. The first-order valence-electron chi connectivity index (χ1n) is 7.33. The molecule has 3 aromatic rings. The maximum Gasteiger partial charge on any atom is 0.178 e. The maximum absolute atomic E-state index is 5.80. The Kier molecular flexibility index (Phi) is 4.09. The summed E-state index contributed by atoms with van der Waals surface area (Å²) >= 11 is 0. The minimum Gasteiger partial charge on any atom is -0.384 e. The Hall–Kier alpha value is -2.43. The highest BCUT2D eigenvalue weighted by Crippen LogP contribution is 2.18. The van der Waals surface area contributed by atoms with E-state index < -0.39 is 0 Å². The molecule has 0 aliphatic rings. The third kappa shape index (κ3) is 3.37. The Morgan fingerprint density at radius 3 is 2.67 bits per heavy atom. The zero-order valence-corrected chi connectivity index (χ0v) is 11.9. The number of nitrogens with zero attached hydrogens (tertiary/aromatic N) is 3. The second kappa shape index (κ2) is 6.35. The molecule has 3 rings (SSSR count). The number of nitrogens with two attached hydrogens (primary N) is 1. The van der Waals surface area contributed by atoms with Crippen molar-refractivity contribution in [3.05, 3.63) is 47.5 Å². The van der Waals surface area contributed by atoms with Crippen molar-refractivity contribution >= 4 is 17.0 Å².